The SMILES string of the molecule is Cc1ccn(C(=O)CN(C)S(C)(=O)=O)c(=NC2CCCCC2)c1. The Kier molecular flexibility index (Phi) is 5.75. The normalized spacial score (nSPS) is 17.7. The third kappa shape index (κ3) is 5.00. The molecule has 1 heterocycles. The molecular formula is C16H25N3O3S. The van der Waals surface area contributed by atoms with Crippen molar-refractivity contribution in [1.82, 2.24) is 8.87 Å². The zero-order valence-electron chi connectivity index (χ0n) is 14.0. The van der Waals surface area contributed by atoms with Gasteiger partial charge < -0.3 is 0 Å². The third-order valence-electron chi connectivity index (χ3n) is 4.17. The number of likely N-dealkylation sites (N-methyl/N-ethyl adjacent to an activating group) is 1. The molecule has 0 aliphatic heterocycles. The van der Waals surface area contributed by atoms with E-state index in [0.29, 0.717) is 5.49 Å². The minimum absolute atomic E-state index is 0.195. The van der Waals surface area contributed by atoms with Crippen LogP contribution in [-0.2, 0) is 10.0 Å². The smallest absolute Gasteiger partial charge is 0.247 e. The summed E-state index contributed by atoms with van der Waals surface area (Å²) in [5.74, 6) is -0.299. The number of hydrogen-bond donors (Lipinski definition) is 0. The molecule has 1 aliphatic rings. The van der Waals surface area contributed by atoms with E-state index in [-0.39, 0.29) is 18.5 Å². The largest absolute Gasteiger partial charge is 0.273 e. The van der Waals surface area contributed by atoms with Gasteiger partial charge in [-0.3, -0.25) is 14.4 Å². The molecule has 0 spiro atoms. The quantitative estimate of drug-likeness (QED) is 0.836. The molecule has 1 aliphatic carbocycles. The fraction of sp³-hybridized carbons (Fsp3) is 0.625. The van der Waals surface area contributed by atoms with Gasteiger partial charge in [0, 0.05) is 13.2 Å². The van der Waals surface area contributed by atoms with Crippen molar-refractivity contribution in [1.29, 1.82) is 0 Å². The van der Waals surface area contributed by atoms with Crippen molar-refractivity contribution in [3.05, 3.63) is 29.4 Å². The summed E-state index contributed by atoms with van der Waals surface area (Å²) in [6.07, 6.45) is 8.45. The van der Waals surface area contributed by atoms with E-state index in [1.807, 2.05) is 19.1 Å². The fourth-order valence-electron chi connectivity index (χ4n) is 2.68. The van der Waals surface area contributed by atoms with Crippen molar-refractivity contribution in [3.8, 4) is 0 Å². The van der Waals surface area contributed by atoms with E-state index in [9.17, 15) is 13.2 Å². The zero-order valence-corrected chi connectivity index (χ0v) is 14.8. The molecular weight excluding hydrogens is 314 g/mol. The standard InChI is InChI=1S/C16H25N3O3S/c1-13-9-10-19(16(20)12-18(2)23(3,21)22)15(11-13)17-14-7-5-4-6-8-14/h9-11,14H,4-8,12H2,1-3H3. The average molecular weight is 339 g/mol. The van der Waals surface area contributed by atoms with Crippen LogP contribution in [0.2, 0.25) is 0 Å². The summed E-state index contributed by atoms with van der Waals surface area (Å²) in [5.41, 5.74) is 1.64. The van der Waals surface area contributed by atoms with Gasteiger partial charge in [0.05, 0.1) is 18.8 Å². The first kappa shape index (κ1) is 17.9. The molecule has 6 nitrogen and oxygen atoms in total. The highest BCUT2D eigenvalue weighted by Crippen LogP contribution is 2.19. The lowest BCUT2D eigenvalue weighted by Crippen LogP contribution is -2.38. The van der Waals surface area contributed by atoms with E-state index < -0.39 is 10.0 Å². The second-order valence-electron chi connectivity index (χ2n) is 6.27. The molecule has 0 atom stereocenters. The molecule has 2 rings (SSSR count). The topological polar surface area (TPSA) is 71.7 Å². The molecule has 0 saturated heterocycles. The van der Waals surface area contributed by atoms with Crippen LogP contribution in [0.4, 0.5) is 0 Å². The number of rotatable bonds is 4. The van der Waals surface area contributed by atoms with E-state index in [0.717, 1.165) is 29.0 Å². The van der Waals surface area contributed by atoms with Crippen molar-refractivity contribution >= 4 is 15.9 Å². The molecule has 0 aromatic carbocycles. The van der Waals surface area contributed by atoms with Crippen molar-refractivity contribution in [2.24, 2.45) is 4.99 Å². The lowest BCUT2D eigenvalue weighted by molar-refractivity contribution is 0.0886. The van der Waals surface area contributed by atoms with Gasteiger partial charge >= 0.3 is 0 Å². The monoisotopic (exact) mass is 339 g/mol. The van der Waals surface area contributed by atoms with Crippen LogP contribution in [0.15, 0.2) is 23.3 Å². The van der Waals surface area contributed by atoms with Gasteiger partial charge in [-0.25, -0.2) is 8.42 Å². The van der Waals surface area contributed by atoms with Crippen LogP contribution in [0, 0.1) is 6.92 Å². The third-order valence-corrected chi connectivity index (χ3v) is 5.43. The molecule has 0 N–H and O–H groups in total. The van der Waals surface area contributed by atoms with Crippen LogP contribution in [0.1, 0.15) is 42.5 Å². The first-order valence-electron chi connectivity index (χ1n) is 7.95. The molecule has 1 aromatic heterocycles. The Balaban J connectivity index is 2.31. The lowest BCUT2D eigenvalue weighted by Gasteiger charge is -2.18. The summed E-state index contributed by atoms with van der Waals surface area (Å²) in [6.45, 7) is 1.76. The van der Waals surface area contributed by atoms with Crippen molar-refractivity contribution in [2.45, 2.75) is 45.1 Å². The number of pyridine rings is 1. The highest BCUT2D eigenvalue weighted by molar-refractivity contribution is 7.88. The van der Waals surface area contributed by atoms with Gasteiger partial charge in [-0.1, -0.05) is 19.3 Å². The Morgan fingerprint density at radius 3 is 2.61 bits per heavy atom. The molecule has 1 fully saturated rings. The summed E-state index contributed by atoms with van der Waals surface area (Å²) in [7, 11) is -1.98. The van der Waals surface area contributed by atoms with E-state index in [1.165, 1.54) is 30.9 Å². The highest BCUT2D eigenvalue weighted by atomic mass is 32.2. The molecule has 1 saturated carbocycles. The number of sulfonamides is 1. The number of nitrogens with zero attached hydrogens (tertiary/aromatic N) is 3. The maximum absolute atomic E-state index is 12.5. The molecule has 23 heavy (non-hydrogen) atoms. The maximum Gasteiger partial charge on any atom is 0.247 e. The van der Waals surface area contributed by atoms with Crippen molar-refractivity contribution < 1.29 is 13.2 Å². The first-order valence-corrected chi connectivity index (χ1v) is 9.80. The van der Waals surface area contributed by atoms with Gasteiger partial charge in [0.25, 0.3) is 0 Å². The predicted molar refractivity (Wildman–Crippen MR) is 89.7 cm³/mol. The Bertz CT molecular complexity index is 731. The van der Waals surface area contributed by atoms with Crippen molar-refractivity contribution in [3.63, 3.8) is 0 Å². The second-order valence-corrected chi connectivity index (χ2v) is 8.36. The van der Waals surface area contributed by atoms with Crippen LogP contribution in [-0.4, -0.2) is 49.1 Å². The van der Waals surface area contributed by atoms with Gasteiger partial charge in [-0.15, -0.1) is 0 Å². The molecule has 0 amide bonds. The molecule has 7 heteroatoms. The Morgan fingerprint density at radius 1 is 1.35 bits per heavy atom. The minimum Gasteiger partial charge on any atom is -0.273 e. The van der Waals surface area contributed by atoms with Crippen molar-refractivity contribution in [2.75, 3.05) is 19.8 Å². The predicted octanol–water partition coefficient (Wildman–Crippen LogP) is 1.56. The molecule has 0 bridgehead atoms. The van der Waals surface area contributed by atoms with Crippen LogP contribution in [0.5, 0.6) is 0 Å². The van der Waals surface area contributed by atoms with E-state index >= 15 is 0 Å². The first-order chi connectivity index (χ1) is 10.8. The molecule has 0 unspecified atom stereocenters. The number of aryl methyl sites for hydroxylation is 1. The van der Waals surface area contributed by atoms with Gasteiger partial charge in [0.1, 0.15) is 5.49 Å². The summed E-state index contributed by atoms with van der Waals surface area (Å²) in [5, 5.41) is 0. The lowest BCUT2D eigenvalue weighted by atomic mass is 9.96. The maximum atomic E-state index is 12.5. The van der Waals surface area contributed by atoms with Crippen LogP contribution in [0.25, 0.3) is 0 Å². The van der Waals surface area contributed by atoms with Gasteiger partial charge in [0.15, 0.2) is 0 Å². The minimum atomic E-state index is -3.39. The van der Waals surface area contributed by atoms with E-state index in [4.69, 9.17) is 4.99 Å². The number of carbonyl (C=O) groups is 1. The van der Waals surface area contributed by atoms with Gasteiger partial charge in [0.2, 0.25) is 15.9 Å². The molecule has 128 valence electrons. The van der Waals surface area contributed by atoms with E-state index in [1.54, 1.807) is 6.20 Å². The second kappa shape index (κ2) is 7.40. The zero-order chi connectivity index (χ0) is 17.0. The average Bonchev–Trinajstić information content (AvgIpc) is 2.47. The Hall–Kier alpha value is -1.47. The van der Waals surface area contributed by atoms with Crippen LogP contribution in [0.3, 0.4) is 0 Å². The molecule has 1 aromatic rings. The number of hydrogen-bond acceptors (Lipinski definition) is 4. The van der Waals surface area contributed by atoms with Gasteiger partial charge in [-0.2, -0.15) is 4.31 Å². The highest BCUT2D eigenvalue weighted by Gasteiger charge is 2.17. The van der Waals surface area contributed by atoms with Gasteiger partial charge in [-0.05, 0) is 37.5 Å². The fourth-order valence-corrected chi connectivity index (χ4v) is 3.03. The summed E-state index contributed by atoms with van der Waals surface area (Å²) in [4.78, 5) is 17.2. The van der Waals surface area contributed by atoms with Crippen LogP contribution < -0.4 is 5.49 Å². The van der Waals surface area contributed by atoms with Crippen LogP contribution >= 0.6 is 0 Å². The summed E-state index contributed by atoms with van der Waals surface area (Å²) < 4.78 is 25.5. The van der Waals surface area contributed by atoms with E-state index in [2.05, 4.69) is 0 Å². The summed E-state index contributed by atoms with van der Waals surface area (Å²) >= 11 is 0. The Morgan fingerprint density at radius 2 is 2.00 bits per heavy atom. The molecule has 0 radical (unpaired) electrons. The Labute approximate surface area is 137 Å². The number of aromatic nitrogens is 1. The number of carbonyl (C=O) groups excluding carboxylic acids is 1. The summed E-state index contributed by atoms with van der Waals surface area (Å²) in [6, 6.07) is 3.96.